The van der Waals surface area contributed by atoms with Gasteiger partial charge >= 0.3 is 7.68 Å². The number of nitrogens with zero attached hydrogens (tertiary/aromatic N) is 1. The summed E-state index contributed by atoms with van der Waals surface area (Å²) >= 11 is 0. The first-order valence-electron chi connectivity index (χ1n) is 15.4. The molecular weight excluding hydrogens is 449 g/mol. The van der Waals surface area contributed by atoms with Crippen molar-refractivity contribution in [2.45, 2.75) is 167 Å². The Bertz CT molecular complexity index is 557. The first kappa shape index (κ1) is 34.6. The summed E-state index contributed by atoms with van der Waals surface area (Å²) in [7, 11) is 3.69. The maximum absolute atomic E-state index is 12.1. The Balaban J connectivity index is 3.54. The second kappa shape index (κ2) is 22.8. The van der Waals surface area contributed by atoms with Crippen LogP contribution in [-0.2, 0) is 9.13 Å². The number of rotatable bonds is 26. The van der Waals surface area contributed by atoms with E-state index in [1.165, 1.54) is 122 Å². The third kappa shape index (κ3) is 17.6. The third-order valence-electron chi connectivity index (χ3n) is 7.83. The van der Waals surface area contributed by atoms with E-state index >= 15 is 0 Å². The van der Waals surface area contributed by atoms with Crippen molar-refractivity contribution in [3.8, 4) is 0 Å². The van der Waals surface area contributed by atoms with Gasteiger partial charge in [0, 0.05) is 12.8 Å². The summed E-state index contributed by atoms with van der Waals surface area (Å²) < 4.78 is 24.8. The first-order valence-corrected chi connectivity index (χ1v) is 16.6. The van der Waals surface area contributed by atoms with Crippen LogP contribution in [0.2, 0.25) is 0 Å². The Labute approximate surface area is 221 Å². The summed E-state index contributed by atoms with van der Waals surface area (Å²) in [6.07, 6.45) is 34.1. The molecule has 0 radical (unpaired) electrons. The van der Waals surface area contributed by atoms with Crippen LogP contribution in [0.25, 0.3) is 0 Å². The highest BCUT2D eigenvalue weighted by molar-refractivity contribution is 7.32. The molecule has 0 heterocycles. The van der Waals surface area contributed by atoms with Crippen molar-refractivity contribution >= 4 is 7.68 Å². The summed E-state index contributed by atoms with van der Waals surface area (Å²) in [5.41, 5.74) is 0. The summed E-state index contributed by atoms with van der Waals surface area (Å²) in [6, 6.07) is 0. The van der Waals surface area contributed by atoms with Crippen LogP contribution in [0.1, 0.15) is 162 Å². The quantitative estimate of drug-likeness (QED) is 0.0500. The van der Waals surface area contributed by atoms with Crippen molar-refractivity contribution in [1.82, 2.24) is 0 Å². The van der Waals surface area contributed by atoms with Gasteiger partial charge in [-0.15, -0.1) is 0 Å². The molecule has 1 unspecified atom stereocenters. The van der Waals surface area contributed by atoms with Crippen LogP contribution in [0.15, 0.2) is 12.2 Å². The molecule has 0 amide bonds. The van der Waals surface area contributed by atoms with Gasteiger partial charge in [0.2, 0.25) is 5.28 Å². The Kier molecular flexibility index (Phi) is 22.5. The molecule has 0 aromatic heterocycles. The molecule has 0 N–H and O–H groups in total. The maximum Gasteiger partial charge on any atom is 0.378 e. The van der Waals surface area contributed by atoms with Gasteiger partial charge in [-0.2, -0.15) is 0 Å². The van der Waals surface area contributed by atoms with E-state index in [1.807, 2.05) is 21.1 Å². The second-order valence-corrected chi connectivity index (χ2v) is 13.2. The summed E-state index contributed by atoms with van der Waals surface area (Å²) in [5.74, 6) is 0. The van der Waals surface area contributed by atoms with E-state index in [2.05, 4.69) is 26.0 Å². The van der Waals surface area contributed by atoms with Crippen molar-refractivity contribution in [2.75, 3.05) is 21.1 Å². The van der Waals surface area contributed by atoms with Gasteiger partial charge in [-0.1, -0.05) is 122 Å². The van der Waals surface area contributed by atoms with Crippen LogP contribution in [0.4, 0.5) is 0 Å². The average molecular weight is 513 g/mol. The standard InChI is InChI=1S/C31H63NO2P/c1-6-8-9-10-11-12-13-14-15-16-17-18-19-20-21-22-23-24-25-26-27-28-30-31(29-7-2,35(33)34)32(3,4)5/h15-16H,6-14,17-30H2,1-5H3/q+1. The fraction of sp³-hybridized carbons (Fsp3) is 0.935. The van der Waals surface area contributed by atoms with Crippen molar-refractivity contribution in [2.24, 2.45) is 0 Å². The predicted octanol–water partition coefficient (Wildman–Crippen LogP) is 11.1. The summed E-state index contributed by atoms with van der Waals surface area (Å²) in [4.78, 5) is 0. The molecule has 0 bridgehead atoms. The highest BCUT2D eigenvalue weighted by atomic mass is 31.1. The van der Waals surface area contributed by atoms with E-state index in [9.17, 15) is 9.13 Å². The van der Waals surface area contributed by atoms with Crippen LogP contribution in [0.3, 0.4) is 0 Å². The first-order chi connectivity index (χ1) is 16.8. The lowest BCUT2D eigenvalue weighted by atomic mass is 9.99. The fourth-order valence-electron chi connectivity index (χ4n) is 5.34. The van der Waals surface area contributed by atoms with Gasteiger partial charge in [0.1, 0.15) is 0 Å². The molecular formula is C31H63NO2P+. The maximum atomic E-state index is 12.1. The topological polar surface area (TPSA) is 34.1 Å². The summed E-state index contributed by atoms with van der Waals surface area (Å²) in [6.45, 7) is 4.38. The van der Waals surface area contributed by atoms with Crippen LogP contribution < -0.4 is 0 Å². The molecule has 35 heavy (non-hydrogen) atoms. The lowest BCUT2D eigenvalue weighted by molar-refractivity contribution is -0.908. The van der Waals surface area contributed by atoms with Crippen molar-refractivity contribution in [3.63, 3.8) is 0 Å². The lowest BCUT2D eigenvalue weighted by Gasteiger charge is -2.41. The van der Waals surface area contributed by atoms with Gasteiger partial charge in [-0.3, -0.25) is 0 Å². The zero-order valence-electron chi connectivity index (χ0n) is 24.6. The Morgan fingerprint density at radius 2 is 0.886 bits per heavy atom. The van der Waals surface area contributed by atoms with Crippen molar-refractivity contribution in [3.05, 3.63) is 12.2 Å². The van der Waals surface area contributed by atoms with E-state index in [0.717, 1.165) is 25.7 Å². The molecule has 0 aliphatic heterocycles. The molecule has 0 fully saturated rings. The van der Waals surface area contributed by atoms with Crippen molar-refractivity contribution in [1.29, 1.82) is 0 Å². The Morgan fingerprint density at radius 3 is 1.23 bits per heavy atom. The van der Waals surface area contributed by atoms with Gasteiger partial charge in [-0.05, 0) is 38.5 Å². The Hall–Kier alpha value is -0.400. The molecule has 0 aromatic carbocycles. The molecule has 0 saturated heterocycles. The largest absolute Gasteiger partial charge is 0.378 e. The fourth-order valence-corrected chi connectivity index (χ4v) is 6.58. The number of quaternary nitrogens is 1. The van der Waals surface area contributed by atoms with E-state index in [1.54, 1.807) is 0 Å². The van der Waals surface area contributed by atoms with Crippen LogP contribution >= 0.6 is 7.68 Å². The third-order valence-corrected chi connectivity index (χ3v) is 9.55. The molecule has 0 aliphatic carbocycles. The molecule has 3 nitrogen and oxygen atoms in total. The minimum Gasteiger partial charge on any atom is -0.314 e. The monoisotopic (exact) mass is 512 g/mol. The zero-order valence-corrected chi connectivity index (χ0v) is 25.5. The number of unbranched alkanes of at least 4 members (excludes halogenated alkanes) is 18. The molecule has 0 aliphatic rings. The zero-order chi connectivity index (χ0) is 26.3. The molecule has 0 aromatic rings. The van der Waals surface area contributed by atoms with Crippen LogP contribution in [-0.4, -0.2) is 30.9 Å². The minimum absolute atomic E-state index is 0.523. The minimum atomic E-state index is -2.42. The number of hydrogen-bond acceptors (Lipinski definition) is 2. The molecule has 4 heteroatoms. The predicted molar refractivity (Wildman–Crippen MR) is 156 cm³/mol. The highest BCUT2D eigenvalue weighted by Crippen LogP contribution is 2.44. The molecule has 1 atom stereocenters. The lowest BCUT2D eigenvalue weighted by Crippen LogP contribution is -2.53. The van der Waals surface area contributed by atoms with Crippen LogP contribution in [0, 0.1) is 0 Å². The van der Waals surface area contributed by atoms with E-state index < -0.39 is 13.0 Å². The second-order valence-electron chi connectivity index (χ2n) is 11.8. The number of hydrogen-bond donors (Lipinski definition) is 0. The smallest absolute Gasteiger partial charge is 0.314 e. The van der Waals surface area contributed by atoms with Crippen molar-refractivity contribution < 1.29 is 13.6 Å². The highest BCUT2D eigenvalue weighted by Gasteiger charge is 2.47. The van der Waals surface area contributed by atoms with E-state index in [-0.39, 0.29) is 0 Å². The van der Waals surface area contributed by atoms with Gasteiger partial charge < -0.3 is 4.48 Å². The molecule has 0 rings (SSSR count). The van der Waals surface area contributed by atoms with Gasteiger partial charge in [0.25, 0.3) is 0 Å². The van der Waals surface area contributed by atoms with Gasteiger partial charge in [0.05, 0.1) is 21.1 Å². The molecule has 208 valence electrons. The SMILES string of the molecule is CCCCCCCCCC=CCCCCCCCCCCCCCC(CCC)(P(=O)=O)[N+](C)(C)C. The van der Waals surface area contributed by atoms with E-state index in [0.29, 0.717) is 4.48 Å². The average Bonchev–Trinajstić information content (AvgIpc) is 2.80. The summed E-state index contributed by atoms with van der Waals surface area (Å²) in [5, 5.41) is -0.590. The van der Waals surface area contributed by atoms with Crippen LogP contribution in [0.5, 0.6) is 0 Å². The molecule has 0 saturated carbocycles. The van der Waals surface area contributed by atoms with E-state index in [4.69, 9.17) is 0 Å². The Morgan fingerprint density at radius 1 is 0.514 bits per heavy atom. The molecule has 0 spiro atoms. The number of allylic oxidation sites excluding steroid dienone is 2. The normalized spacial score (nSPS) is 14.0. The van der Waals surface area contributed by atoms with Gasteiger partial charge in [-0.25, -0.2) is 9.13 Å². The van der Waals surface area contributed by atoms with Gasteiger partial charge in [0.15, 0.2) is 0 Å².